The molecular formula is C19H21N3O3S. The number of hydrogen-bond acceptors (Lipinski definition) is 6. The van der Waals surface area contributed by atoms with Gasteiger partial charge in [-0.15, -0.1) is 11.8 Å². The van der Waals surface area contributed by atoms with Gasteiger partial charge in [-0.1, -0.05) is 25.5 Å². The van der Waals surface area contributed by atoms with Crippen molar-refractivity contribution in [2.75, 3.05) is 5.75 Å². The van der Waals surface area contributed by atoms with Gasteiger partial charge in [-0.2, -0.15) is 5.26 Å². The number of carbonyl (C=O) groups excluding carboxylic acids is 1. The van der Waals surface area contributed by atoms with E-state index < -0.39 is 16.8 Å². The Bertz CT molecular complexity index is 824. The molecule has 0 N–H and O–H groups in total. The van der Waals surface area contributed by atoms with Crippen molar-refractivity contribution in [3.63, 3.8) is 0 Å². The fourth-order valence-corrected chi connectivity index (χ4v) is 4.28. The van der Waals surface area contributed by atoms with Crippen LogP contribution in [0.25, 0.3) is 0 Å². The zero-order chi connectivity index (χ0) is 19.3. The van der Waals surface area contributed by atoms with E-state index in [-0.39, 0.29) is 11.5 Å². The van der Waals surface area contributed by atoms with Crippen LogP contribution in [0.15, 0.2) is 40.5 Å². The van der Waals surface area contributed by atoms with E-state index >= 15 is 0 Å². The van der Waals surface area contributed by atoms with Crippen LogP contribution in [0.3, 0.4) is 0 Å². The molecule has 1 aliphatic heterocycles. The highest BCUT2D eigenvalue weighted by molar-refractivity contribution is 8.14. The summed E-state index contributed by atoms with van der Waals surface area (Å²) in [6, 6.07) is 8.45. The number of thioether (sulfide) groups is 1. The molecule has 1 unspecified atom stereocenters. The van der Waals surface area contributed by atoms with E-state index in [0.29, 0.717) is 21.9 Å². The smallest absolute Gasteiger partial charge is 0.269 e. The molecule has 1 aliphatic rings. The summed E-state index contributed by atoms with van der Waals surface area (Å²) in [4.78, 5) is 27.5. The topological polar surface area (TPSA) is 96.4 Å². The number of nitrogens with zero attached hydrogens (tertiary/aromatic N) is 3. The Morgan fingerprint density at radius 2 is 2.19 bits per heavy atom. The first-order valence-electron chi connectivity index (χ1n) is 8.47. The molecule has 6 nitrogen and oxygen atoms in total. The first-order chi connectivity index (χ1) is 12.4. The second kappa shape index (κ2) is 8.77. The lowest BCUT2D eigenvalue weighted by atomic mass is 9.77. The van der Waals surface area contributed by atoms with E-state index in [2.05, 4.69) is 18.0 Å². The van der Waals surface area contributed by atoms with Crippen molar-refractivity contribution in [3.05, 3.63) is 51.2 Å². The number of aliphatic imine (C=N–C) groups is 1. The molecule has 2 atom stereocenters. The molecule has 26 heavy (non-hydrogen) atoms. The Hall–Kier alpha value is -2.46. The second-order valence-electron chi connectivity index (χ2n) is 6.14. The van der Waals surface area contributed by atoms with Gasteiger partial charge >= 0.3 is 0 Å². The second-order valence-corrected chi connectivity index (χ2v) is 7.26. The van der Waals surface area contributed by atoms with Crippen LogP contribution < -0.4 is 0 Å². The van der Waals surface area contributed by atoms with Gasteiger partial charge in [0, 0.05) is 29.3 Å². The molecule has 0 fully saturated rings. The summed E-state index contributed by atoms with van der Waals surface area (Å²) in [5.74, 6) is -0.487. The number of allylic oxidation sites excluding steroid dienone is 2. The van der Waals surface area contributed by atoms with Crippen LogP contribution in [-0.2, 0) is 4.79 Å². The van der Waals surface area contributed by atoms with Gasteiger partial charge in [-0.3, -0.25) is 14.9 Å². The fourth-order valence-electron chi connectivity index (χ4n) is 3.07. The predicted octanol–water partition coefficient (Wildman–Crippen LogP) is 4.63. The van der Waals surface area contributed by atoms with Gasteiger partial charge in [-0.05, 0) is 31.6 Å². The normalized spacial score (nSPS) is 19.7. The zero-order valence-corrected chi connectivity index (χ0v) is 15.9. The SMILES string of the molecule is CCCCSC1=NC(C)=C(C(C)=O)[C@@H](c2cccc([N+](=O)[O-])c2)C1C#N. The molecule has 0 aromatic heterocycles. The first-order valence-corrected chi connectivity index (χ1v) is 9.46. The maximum atomic E-state index is 12.3. The Morgan fingerprint density at radius 1 is 1.46 bits per heavy atom. The van der Waals surface area contributed by atoms with Crippen LogP contribution in [0.1, 0.15) is 45.1 Å². The van der Waals surface area contributed by atoms with Gasteiger partial charge < -0.3 is 0 Å². The lowest BCUT2D eigenvalue weighted by Crippen LogP contribution is -2.28. The molecule has 0 aliphatic carbocycles. The van der Waals surface area contributed by atoms with Crippen LogP contribution in [0, 0.1) is 27.4 Å². The van der Waals surface area contributed by atoms with E-state index in [0.717, 1.165) is 18.6 Å². The molecule has 136 valence electrons. The van der Waals surface area contributed by atoms with Crippen LogP contribution in [-0.4, -0.2) is 21.5 Å². The van der Waals surface area contributed by atoms with Gasteiger partial charge in [0.2, 0.25) is 0 Å². The number of nitro benzene ring substituents is 1. The third-order valence-corrected chi connectivity index (χ3v) is 5.42. The average molecular weight is 371 g/mol. The predicted molar refractivity (Wildman–Crippen MR) is 103 cm³/mol. The molecule has 0 spiro atoms. The molecule has 7 heteroatoms. The Morgan fingerprint density at radius 3 is 2.77 bits per heavy atom. The van der Waals surface area contributed by atoms with Gasteiger partial charge in [-0.25, -0.2) is 4.99 Å². The number of unbranched alkanes of at least 4 members (excludes halogenated alkanes) is 1. The molecule has 2 rings (SSSR count). The van der Waals surface area contributed by atoms with Crippen molar-refractivity contribution in [2.24, 2.45) is 10.9 Å². The summed E-state index contributed by atoms with van der Waals surface area (Å²) < 4.78 is 0. The summed E-state index contributed by atoms with van der Waals surface area (Å²) in [5, 5.41) is 21.6. The van der Waals surface area contributed by atoms with Crippen molar-refractivity contribution < 1.29 is 9.72 Å². The summed E-state index contributed by atoms with van der Waals surface area (Å²) in [5.41, 5.74) is 1.58. The van der Waals surface area contributed by atoms with Crippen LogP contribution in [0.2, 0.25) is 0 Å². The fraction of sp³-hybridized carbons (Fsp3) is 0.421. The molecule has 0 radical (unpaired) electrons. The van der Waals surface area contributed by atoms with Crippen molar-refractivity contribution in [1.29, 1.82) is 5.26 Å². The maximum Gasteiger partial charge on any atom is 0.269 e. The molecule has 1 aromatic carbocycles. The number of nitriles is 1. The van der Waals surface area contributed by atoms with Gasteiger partial charge in [0.1, 0.15) is 5.92 Å². The zero-order valence-electron chi connectivity index (χ0n) is 15.1. The summed E-state index contributed by atoms with van der Waals surface area (Å²) in [7, 11) is 0. The van der Waals surface area contributed by atoms with Crippen LogP contribution >= 0.6 is 11.8 Å². The number of hydrogen-bond donors (Lipinski definition) is 0. The van der Waals surface area contributed by atoms with Gasteiger partial charge in [0.25, 0.3) is 5.69 Å². The number of carbonyl (C=O) groups is 1. The first kappa shape index (κ1) is 19.9. The Balaban J connectivity index is 2.55. The Labute approximate surface area is 157 Å². The van der Waals surface area contributed by atoms with Crippen molar-refractivity contribution in [3.8, 4) is 6.07 Å². The van der Waals surface area contributed by atoms with Crippen LogP contribution in [0.5, 0.6) is 0 Å². The molecule has 0 saturated heterocycles. The quantitative estimate of drug-likeness (QED) is 0.413. The number of non-ortho nitro benzene ring substituents is 1. The van der Waals surface area contributed by atoms with E-state index in [1.807, 2.05) is 0 Å². The monoisotopic (exact) mass is 371 g/mol. The highest BCUT2D eigenvalue weighted by Gasteiger charge is 2.37. The molecular weight excluding hydrogens is 350 g/mol. The van der Waals surface area contributed by atoms with E-state index in [1.165, 1.54) is 30.8 Å². The number of Topliss-reactive ketones (excluding diaryl/α,β-unsaturated/α-hetero) is 1. The summed E-state index contributed by atoms with van der Waals surface area (Å²) >= 11 is 1.53. The van der Waals surface area contributed by atoms with Crippen molar-refractivity contribution >= 4 is 28.3 Å². The maximum absolute atomic E-state index is 12.3. The van der Waals surface area contributed by atoms with Crippen molar-refractivity contribution in [2.45, 2.75) is 39.5 Å². The number of rotatable bonds is 6. The number of nitro groups is 1. The highest BCUT2D eigenvalue weighted by Crippen LogP contribution is 2.42. The number of ketones is 1. The third kappa shape index (κ3) is 4.20. The molecule has 0 amide bonds. The molecule has 1 aromatic rings. The van der Waals surface area contributed by atoms with Gasteiger partial charge in [0.15, 0.2) is 5.78 Å². The summed E-state index contributed by atoms with van der Waals surface area (Å²) in [6.07, 6.45) is 2.05. The van der Waals surface area contributed by atoms with E-state index in [1.54, 1.807) is 19.1 Å². The summed E-state index contributed by atoms with van der Waals surface area (Å²) in [6.45, 7) is 5.30. The lowest BCUT2D eigenvalue weighted by molar-refractivity contribution is -0.384. The number of benzene rings is 1. The minimum atomic E-state index is -0.624. The molecule has 0 saturated carbocycles. The standard InChI is InChI=1S/C19H21N3O3S/c1-4-5-9-26-19-16(11-20)18(17(13(3)23)12(2)21-19)14-7-6-8-15(10-14)22(24)25/h6-8,10,16,18H,4-5,9H2,1-3H3/t16?,18-/m0/s1. The highest BCUT2D eigenvalue weighted by atomic mass is 32.2. The minimum Gasteiger partial charge on any atom is -0.295 e. The van der Waals surface area contributed by atoms with E-state index in [9.17, 15) is 20.2 Å². The third-order valence-electron chi connectivity index (χ3n) is 4.28. The van der Waals surface area contributed by atoms with E-state index in [4.69, 9.17) is 0 Å². The average Bonchev–Trinajstić information content (AvgIpc) is 2.61. The molecule has 0 bridgehead atoms. The van der Waals surface area contributed by atoms with Gasteiger partial charge in [0.05, 0.1) is 16.0 Å². The minimum absolute atomic E-state index is 0.0533. The lowest BCUT2D eigenvalue weighted by Gasteiger charge is -2.29. The molecule has 1 heterocycles. The van der Waals surface area contributed by atoms with Crippen LogP contribution in [0.4, 0.5) is 5.69 Å². The van der Waals surface area contributed by atoms with Crippen molar-refractivity contribution in [1.82, 2.24) is 0 Å². The Kier molecular flexibility index (Phi) is 6.70. The largest absolute Gasteiger partial charge is 0.295 e.